The van der Waals surface area contributed by atoms with E-state index in [-0.39, 0.29) is 0 Å². The second-order valence-corrected chi connectivity index (χ2v) is 14.6. The van der Waals surface area contributed by atoms with E-state index in [0.717, 1.165) is 0 Å². The molecule has 0 aliphatic carbocycles. The molecule has 0 unspecified atom stereocenters. The van der Waals surface area contributed by atoms with Gasteiger partial charge >= 0.3 is 0 Å². The van der Waals surface area contributed by atoms with Crippen molar-refractivity contribution in [3.05, 3.63) is 0 Å². The van der Waals surface area contributed by atoms with Gasteiger partial charge in [0, 0.05) is 26.2 Å². The molecule has 0 spiro atoms. The maximum Gasteiger partial charge on any atom is 0.0107 e. The minimum atomic E-state index is 1.17. The molecule has 1 saturated heterocycles. The number of hydrogen-bond acceptors (Lipinski definition) is 3. The van der Waals surface area contributed by atoms with Crippen LogP contribution in [-0.2, 0) is 0 Å². The summed E-state index contributed by atoms with van der Waals surface area (Å²) in [5, 5.41) is 3.31. The molecule has 1 heterocycles. The van der Waals surface area contributed by atoms with Gasteiger partial charge in [0.25, 0.3) is 0 Å². The number of hydrogen-bond donors (Lipinski definition) is 1. The van der Waals surface area contributed by atoms with Crippen LogP contribution < -0.4 is 5.32 Å². The lowest BCUT2D eigenvalue weighted by Gasteiger charge is -2.25. The maximum absolute atomic E-state index is 3.31. The zero-order valence-corrected chi connectivity index (χ0v) is 32.3. The molecule has 1 fully saturated rings. The van der Waals surface area contributed by atoms with Gasteiger partial charge in [-0.1, -0.05) is 201 Å². The summed E-state index contributed by atoms with van der Waals surface area (Å²) < 4.78 is 0. The summed E-state index contributed by atoms with van der Waals surface area (Å²) in [6.07, 6.45) is 43.6. The highest BCUT2D eigenvalue weighted by molar-refractivity contribution is 4.65. The fraction of sp³-hybridized carbons (Fsp3) is 1.00. The van der Waals surface area contributed by atoms with Crippen molar-refractivity contribution < 1.29 is 0 Å². The van der Waals surface area contributed by atoms with Crippen LogP contribution in [0.1, 0.15) is 220 Å². The van der Waals surface area contributed by atoms with Crippen LogP contribution >= 0.6 is 0 Å². The van der Waals surface area contributed by atoms with Crippen LogP contribution in [0.25, 0.3) is 0 Å². The van der Waals surface area contributed by atoms with Crippen LogP contribution in [0.3, 0.4) is 0 Å². The van der Waals surface area contributed by atoms with Crippen molar-refractivity contribution in [3.8, 4) is 0 Å². The first kappa shape index (κ1) is 44.9. The maximum atomic E-state index is 3.31. The van der Waals surface area contributed by atoms with Gasteiger partial charge in [0.1, 0.15) is 0 Å². The summed E-state index contributed by atoms with van der Waals surface area (Å²) in [6, 6.07) is 0. The molecule has 0 radical (unpaired) electrons. The molecule has 0 saturated carbocycles. The minimum Gasteiger partial charge on any atom is -0.314 e. The quantitative estimate of drug-likeness (QED) is 0.0710. The second kappa shape index (κ2) is 40.1. The normalized spacial score (nSPS) is 13.8. The summed E-state index contributed by atoms with van der Waals surface area (Å²) in [7, 11) is 0. The molecule has 0 aromatic carbocycles. The Labute approximate surface area is 287 Å². The van der Waals surface area contributed by atoms with E-state index >= 15 is 0 Å². The number of likely N-dealkylation sites (N-methyl/N-ethyl adjacent to an activating group) is 1. The summed E-state index contributed by atoms with van der Waals surface area (Å²) in [5.41, 5.74) is 0. The van der Waals surface area contributed by atoms with Crippen molar-refractivity contribution in [2.24, 2.45) is 0 Å². The number of piperazine rings is 1. The zero-order chi connectivity index (χ0) is 32.7. The highest BCUT2D eigenvalue weighted by atomic mass is 15.2. The predicted molar refractivity (Wildman–Crippen MR) is 207 cm³/mol. The van der Waals surface area contributed by atoms with Gasteiger partial charge in [0.2, 0.25) is 0 Å². The first-order chi connectivity index (χ1) is 22.3. The molecule has 0 aromatic rings. The molecular weight excluding hydrogens is 546 g/mol. The van der Waals surface area contributed by atoms with Crippen LogP contribution in [-0.4, -0.2) is 62.2 Å². The summed E-state index contributed by atoms with van der Waals surface area (Å²) in [6.45, 7) is 19.3. The van der Waals surface area contributed by atoms with Gasteiger partial charge in [-0.2, -0.15) is 0 Å². The average molecular weight is 636 g/mol. The fourth-order valence-electron chi connectivity index (χ4n) is 6.83. The van der Waals surface area contributed by atoms with Crippen molar-refractivity contribution in [2.45, 2.75) is 220 Å². The summed E-state index contributed by atoms with van der Waals surface area (Å²) in [4.78, 5) is 5.30. The van der Waals surface area contributed by atoms with E-state index in [1.807, 2.05) is 0 Å². The number of nitrogens with zero attached hydrogens (tertiary/aromatic N) is 2. The first-order valence-electron chi connectivity index (χ1n) is 21.4. The Kier molecular flexibility index (Phi) is 39.9. The van der Waals surface area contributed by atoms with Crippen molar-refractivity contribution in [2.75, 3.05) is 52.4 Å². The van der Waals surface area contributed by atoms with E-state index in [4.69, 9.17) is 0 Å². The standard InChI is InChI=1S/C36H75N.C6H14N2/c1-4-7-10-13-16-19-22-25-28-31-34-37(35-32-29-26-23-20-17-14-11-8-5-2)36-33-30-27-24-21-18-15-12-9-6-3;1-2-8-5-3-7-4-6-8/h4-36H2,1-3H3;7H,2-6H2,1H3. The molecular formula is C42H89N3. The van der Waals surface area contributed by atoms with Gasteiger partial charge in [-0.25, -0.2) is 0 Å². The van der Waals surface area contributed by atoms with Crippen molar-refractivity contribution >= 4 is 0 Å². The van der Waals surface area contributed by atoms with Crippen LogP contribution in [0.15, 0.2) is 0 Å². The van der Waals surface area contributed by atoms with Crippen molar-refractivity contribution in [1.82, 2.24) is 15.1 Å². The van der Waals surface area contributed by atoms with Gasteiger partial charge in [0.05, 0.1) is 0 Å². The van der Waals surface area contributed by atoms with E-state index in [1.165, 1.54) is 245 Å². The Hall–Kier alpha value is -0.120. The molecule has 272 valence electrons. The Morgan fingerprint density at radius 3 is 0.822 bits per heavy atom. The van der Waals surface area contributed by atoms with E-state index in [2.05, 4.69) is 42.8 Å². The highest BCUT2D eigenvalue weighted by Crippen LogP contribution is 2.15. The molecule has 0 aromatic heterocycles. The molecule has 45 heavy (non-hydrogen) atoms. The topological polar surface area (TPSA) is 18.5 Å². The molecule has 1 rings (SSSR count). The van der Waals surface area contributed by atoms with Gasteiger partial charge in [-0.05, 0) is 45.4 Å². The molecule has 0 amide bonds. The molecule has 0 atom stereocenters. The third-order valence-corrected chi connectivity index (χ3v) is 10.1. The SMILES string of the molecule is CCCCCCCCCCCCN(CCCCCCCCCCCC)CCCCCCCCCCCC.CCN1CCNCC1. The van der Waals surface area contributed by atoms with Gasteiger partial charge in [0.15, 0.2) is 0 Å². The lowest BCUT2D eigenvalue weighted by Crippen LogP contribution is -2.43. The Bertz CT molecular complexity index is 447. The monoisotopic (exact) mass is 636 g/mol. The van der Waals surface area contributed by atoms with E-state index in [0.29, 0.717) is 0 Å². The lowest BCUT2D eigenvalue weighted by molar-refractivity contribution is 0.253. The first-order valence-corrected chi connectivity index (χ1v) is 21.4. The summed E-state index contributed by atoms with van der Waals surface area (Å²) in [5.74, 6) is 0. The second-order valence-electron chi connectivity index (χ2n) is 14.6. The third-order valence-electron chi connectivity index (χ3n) is 10.1. The Morgan fingerprint density at radius 1 is 0.356 bits per heavy atom. The van der Waals surface area contributed by atoms with Gasteiger partial charge in [-0.3, -0.25) is 0 Å². The van der Waals surface area contributed by atoms with Crippen LogP contribution in [0.5, 0.6) is 0 Å². The van der Waals surface area contributed by atoms with Crippen molar-refractivity contribution in [3.63, 3.8) is 0 Å². The van der Waals surface area contributed by atoms with Crippen molar-refractivity contribution in [1.29, 1.82) is 0 Å². The van der Waals surface area contributed by atoms with Crippen LogP contribution in [0, 0.1) is 0 Å². The average Bonchev–Trinajstić information content (AvgIpc) is 3.07. The third kappa shape index (κ3) is 36.6. The Balaban J connectivity index is 0.00000208. The predicted octanol–water partition coefficient (Wildman–Crippen LogP) is 13.0. The van der Waals surface area contributed by atoms with E-state index in [1.54, 1.807) is 0 Å². The van der Waals surface area contributed by atoms with E-state index in [9.17, 15) is 0 Å². The lowest BCUT2D eigenvalue weighted by atomic mass is 10.1. The van der Waals surface area contributed by atoms with Crippen LogP contribution in [0.2, 0.25) is 0 Å². The Morgan fingerprint density at radius 2 is 0.600 bits per heavy atom. The highest BCUT2D eigenvalue weighted by Gasteiger charge is 2.06. The molecule has 0 bridgehead atoms. The molecule has 1 N–H and O–H groups in total. The molecule has 3 nitrogen and oxygen atoms in total. The van der Waals surface area contributed by atoms with Gasteiger partial charge in [-0.15, -0.1) is 0 Å². The van der Waals surface area contributed by atoms with Crippen LogP contribution in [0.4, 0.5) is 0 Å². The fourth-order valence-corrected chi connectivity index (χ4v) is 6.83. The van der Waals surface area contributed by atoms with E-state index < -0.39 is 0 Å². The van der Waals surface area contributed by atoms with Gasteiger partial charge < -0.3 is 15.1 Å². The number of unbranched alkanes of at least 4 members (excludes halogenated alkanes) is 27. The molecule has 1 aliphatic heterocycles. The minimum absolute atomic E-state index is 1.17. The molecule has 1 aliphatic rings. The largest absolute Gasteiger partial charge is 0.314 e. The molecule has 3 heteroatoms. The number of nitrogens with one attached hydrogen (secondary N) is 1. The number of rotatable bonds is 34. The smallest absolute Gasteiger partial charge is 0.0107 e. The summed E-state index contributed by atoms with van der Waals surface area (Å²) >= 11 is 0. The zero-order valence-electron chi connectivity index (χ0n) is 32.3.